The zero-order valence-electron chi connectivity index (χ0n) is 14.6. The fraction of sp³-hybridized carbons (Fsp3) is 0.706. The topological polar surface area (TPSA) is 101 Å². The molecule has 2 rings (SSSR count). The molecule has 0 saturated carbocycles. The average molecular weight is 336 g/mol. The van der Waals surface area contributed by atoms with Crippen LogP contribution in [0.15, 0.2) is 10.6 Å². The van der Waals surface area contributed by atoms with Crippen molar-refractivity contribution in [3.8, 4) is 0 Å². The molecule has 3 N–H and O–H groups in total. The van der Waals surface area contributed by atoms with Gasteiger partial charge in [-0.25, -0.2) is 0 Å². The van der Waals surface area contributed by atoms with E-state index in [-0.39, 0.29) is 23.5 Å². The average Bonchev–Trinajstić information content (AvgIpc) is 3.10. The molecule has 0 radical (unpaired) electrons. The normalized spacial score (nSPS) is 18.0. The molecular weight excluding hydrogens is 308 g/mol. The van der Waals surface area contributed by atoms with Crippen molar-refractivity contribution in [2.75, 3.05) is 26.2 Å². The number of aromatic nitrogens is 1. The van der Waals surface area contributed by atoms with E-state index in [0.717, 1.165) is 31.4 Å². The fourth-order valence-corrected chi connectivity index (χ4v) is 3.16. The molecule has 0 spiro atoms. The summed E-state index contributed by atoms with van der Waals surface area (Å²) in [5, 5.41) is 6.85. The van der Waals surface area contributed by atoms with Crippen molar-refractivity contribution < 1.29 is 14.1 Å². The summed E-state index contributed by atoms with van der Waals surface area (Å²) in [4.78, 5) is 26.4. The number of amides is 2. The first-order valence-electron chi connectivity index (χ1n) is 8.84. The number of nitrogens with two attached hydrogens (primary N) is 1. The van der Waals surface area contributed by atoms with Gasteiger partial charge in [0.15, 0.2) is 0 Å². The Hall–Kier alpha value is -1.89. The van der Waals surface area contributed by atoms with Crippen molar-refractivity contribution in [3.63, 3.8) is 0 Å². The standard InChI is InChI=1S/C17H28N4O3/c1-3-12(4-2)14-10-15(24-20-14)17(23)21-9-5-6-13(11-21)16(22)19-8-7-18/h10,12-13H,3-9,11,18H2,1-2H3,(H,19,22). The summed E-state index contributed by atoms with van der Waals surface area (Å²) in [5.41, 5.74) is 6.24. The second kappa shape index (κ2) is 8.82. The molecule has 1 unspecified atom stereocenters. The molecule has 1 saturated heterocycles. The van der Waals surface area contributed by atoms with Gasteiger partial charge in [-0.3, -0.25) is 9.59 Å². The number of nitrogens with zero attached hydrogens (tertiary/aromatic N) is 2. The van der Waals surface area contributed by atoms with Crippen molar-refractivity contribution in [2.24, 2.45) is 11.7 Å². The highest BCUT2D eigenvalue weighted by molar-refractivity contribution is 5.92. The summed E-state index contributed by atoms with van der Waals surface area (Å²) < 4.78 is 5.27. The molecular formula is C17H28N4O3. The van der Waals surface area contributed by atoms with Crippen LogP contribution >= 0.6 is 0 Å². The summed E-state index contributed by atoms with van der Waals surface area (Å²) in [6, 6.07) is 1.75. The molecule has 1 fully saturated rings. The van der Waals surface area contributed by atoms with E-state index >= 15 is 0 Å². The molecule has 2 amide bonds. The van der Waals surface area contributed by atoms with Crippen molar-refractivity contribution in [1.82, 2.24) is 15.4 Å². The van der Waals surface area contributed by atoms with Crippen molar-refractivity contribution >= 4 is 11.8 Å². The van der Waals surface area contributed by atoms with E-state index in [4.69, 9.17) is 10.3 Å². The van der Waals surface area contributed by atoms with Gasteiger partial charge in [-0.2, -0.15) is 0 Å². The van der Waals surface area contributed by atoms with Crippen LogP contribution in [0.2, 0.25) is 0 Å². The number of piperidine rings is 1. The molecule has 24 heavy (non-hydrogen) atoms. The molecule has 1 aromatic rings. The lowest BCUT2D eigenvalue weighted by molar-refractivity contribution is -0.126. The number of rotatable bonds is 7. The number of hydrogen-bond donors (Lipinski definition) is 2. The number of hydrogen-bond acceptors (Lipinski definition) is 5. The summed E-state index contributed by atoms with van der Waals surface area (Å²) >= 11 is 0. The molecule has 134 valence electrons. The van der Waals surface area contributed by atoms with E-state index in [2.05, 4.69) is 24.3 Å². The van der Waals surface area contributed by atoms with Crippen LogP contribution in [0.3, 0.4) is 0 Å². The summed E-state index contributed by atoms with van der Waals surface area (Å²) in [7, 11) is 0. The van der Waals surface area contributed by atoms with Gasteiger partial charge in [0.1, 0.15) is 0 Å². The predicted molar refractivity (Wildman–Crippen MR) is 90.5 cm³/mol. The highest BCUT2D eigenvalue weighted by Gasteiger charge is 2.30. The van der Waals surface area contributed by atoms with Crippen molar-refractivity contribution in [1.29, 1.82) is 0 Å². The zero-order valence-corrected chi connectivity index (χ0v) is 14.6. The van der Waals surface area contributed by atoms with Crippen LogP contribution in [0, 0.1) is 5.92 Å². The van der Waals surface area contributed by atoms with Crippen LogP contribution in [0.5, 0.6) is 0 Å². The van der Waals surface area contributed by atoms with Gasteiger partial charge in [0.2, 0.25) is 11.7 Å². The molecule has 7 heteroatoms. The van der Waals surface area contributed by atoms with Gasteiger partial charge in [-0.15, -0.1) is 0 Å². The van der Waals surface area contributed by atoms with Crippen LogP contribution in [-0.2, 0) is 4.79 Å². The van der Waals surface area contributed by atoms with E-state index in [9.17, 15) is 9.59 Å². The molecule has 1 aliphatic rings. The third-order valence-corrected chi connectivity index (χ3v) is 4.67. The Labute approximate surface area is 142 Å². The second-order valence-electron chi connectivity index (χ2n) is 6.30. The van der Waals surface area contributed by atoms with Gasteiger partial charge in [-0.05, 0) is 25.7 Å². The van der Waals surface area contributed by atoms with Crippen LogP contribution in [0.25, 0.3) is 0 Å². The van der Waals surface area contributed by atoms with Crippen LogP contribution in [0.1, 0.15) is 61.7 Å². The van der Waals surface area contributed by atoms with Gasteiger partial charge in [0, 0.05) is 38.2 Å². The van der Waals surface area contributed by atoms with Gasteiger partial charge >= 0.3 is 0 Å². The summed E-state index contributed by atoms with van der Waals surface area (Å²) in [6.45, 7) is 6.12. The monoisotopic (exact) mass is 336 g/mol. The largest absolute Gasteiger partial charge is 0.355 e. The second-order valence-corrected chi connectivity index (χ2v) is 6.30. The Morgan fingerprint density at radius 2 is 2.21 bits per heavy atom. The van der Waals surface area contributed by atoms with E-state index in [1.54, 1.807) is 11.0 Å². The summed E-state index contributed by atoms with van der Waals surface area (Å²) in [6.07, 6.45) is 3.52. The third kappa shape index (κ3) is 4.35. The maximum atomic E-state index is 12.6. The zero-order chi connectivity index (χ0) is 17.5. The SMILES string of the molecule is CCC(CC)c1cc(C(=O)N2CCCC(C(=O)NCCN)C2)on1. The Morgan fingerprint density at radius 1 is 1.46 bits per heavy atom. The molecule has 2 heterocycles. The molecule has 1 aromatic heterocycles. The Balaban J connectivity index is 2.00. The minimum absolute atomic E-state index is 0.0340. The lowest BCUT2D eigenvalue weighted by Crippen LogP contribution is -2.46. The number of carbonyl (C=O) groups excluding carboxylic acids is 2. The van der Waals surface area contributed by atoms with Crippen LogP contribution < -0.4 is 11.1 Å². The molecule has 0 aromatic carbocycles. The Bertz CT molecular complexity index is 554. The van der Waals surface area contributed by atoms with E-state index < -0.39 is 0 Å². The highest BCUT2D eigenvalue weighted by atomic mass is 16.5. The summed E-state index contributed by atoms with van der Waals surface area (Å²) in [5.74, 6) is 0.173. The first-order chi connectivity index (χ1) is 11.6. The Morgan fingerprint density at radius 3 is 2.88 bits per heavy atom. The van der Waals surface area contributed by atoms with Gasteiger partial charge in [0.05, 0.1) is 11.6 Å². The van der Waals surface area contributed by atoms with Gasteiger partial charge in [-0.1, -0.05) is 19.0 Å². The first kappa shape index (κ1) is 18.4. The quantitative estimate of drug-likeness (QED) is 0.786. The number of nitrogens with one attached hydrogen (secondary N) is 1. The Kier molecular flexibility index (Phi) is 6.78. The maximum absolute atomic E-state index is 12.6. The number of likely N-dealkylation sites (tertiary alicyclic amines) is 1. The molecule has 7 nitrogen and oxygen atoms in total. The minimum Gasteiger partial charge on any atom is -0.355 e. The van der Waals surface area contributed by atoms with E-state index in [1.165, 1.54) is 0 Å². The van der Waals surface area contributed by atoms with Crippen molar-refractivity contribution in [3.05, 3.63) is 17.5 Å². The lowest BCUT2D eigenvalue weighted by atomic mass is 9.96. The minimum atomic E-state index is -0.185. The van der Waals surface area contributed by atoms with Crippen molar-refractivity contribution in [2.45, 2.75) is 45.4 Å². The maximum Gasteiger partial charge on any atom is 0.292 e. The third-order valence-electron chi connectivity index (χ3n) is 4.67. The highest BCUT2D eigenvalue weighted by Crippen LogP contribution is 2.24. The number of carbonyl (C=O) groups is 2. The van der Waals surface area contributed by atoms with Crippen LogP contribution in [0.4, 0.5) is 0 Å². The molecule has 0 aliphatic carbocycles. The van der Waals surface area contributed by atoms with E-state index in [1.807, 2.05) is 0 Å². The fourth-order valence-electron chi connectivity index (χ4n) is 3.16. The molecule has 1 aliphatic heterocycles. The first-order valence-corrected chi connectivity index (χ1v) is 8.84. The smallest absolute Gasteiger partial charge is 0.292 e. The predicted octanol–water partition coefficient (Wildman–Crippen LogP) is 1.51. The molecule has 1 atom stereocenters. The molecule has 0 bridgehead atoms. The van der Waals surface area contributed by atoms with Gasteiger partial charge < -0.3 is 20.5 Å². The lowest BCUT2D eigenvalue weighted by Gasteiger charge is -2.31. The van der Waals surface area contributed by atoms with Gasteiger partial charge in [0.25, 0.3) is 5.91 Å². The van der Waals surface area contributed by atoms with E-state index in [0.29, 0.717) is 32.1 Å². The van der Waals surface area contributed by atoms with Crippen LogP contribution in [-0.4, -0.2) is 48.0 Å².